The van der Waals surface area contributed by atoms with Gasteiger partial charge in [-0.3, -0.25) is 4.99 Å². The maximum atomic E-state index is 5.01. The second-order valence-corrected chi connectivity index (χ2v) is 9.86. The molecule has 9 heteroatoms. The molecule has 194 valence electrons. The first-order valence-electron chi connectivity index (χ1n) is 13.1. The van der Waals surface area contributed by atoms with Crippen LogP contribution in [0.3, 0.4) is 0 Å². The van der Waals surface area contributed by atoms with Crippen LogP contribution in [0, 0.1) is 0 Å². The molecule has 0 amide bonds. The molecule has 1 N–H and O–H groups in total. The number of amidine groups is 3. The Labute approximate surface area is 243 Å². The standard InChI is InChI=1S/C32H18N8.Fe/c1-2-10-18-17(9-1)25-33-26(18)38-28-21-13-5-6-14-22(21)30(35-28)40-32-24-16-8-7-15-23(24)31(36-32)39-29-20-12-4-3-11-19(20)27(34-29)37-25;/h1-16,25,37H;/q-2;+2. The van der Waals surface area contributed by atoms with Gasteiger partial charge in [0.05, 0.1) is 17.5 Å². The van der Waals surface area contributed by atoms with Crippen molar-refractivity contribution in [2.75, 3.05) is 5.32 Å². The number of nitrogens with one attached hydrogen (secondary N) is 1. The Kier molecular flexibility index (Phi) is 5.19. The van der Waals surface area contributed by atoms with Crippen molar-refractivity contribution in [2.24, 2.45) is 25.0 Å². The van der Waals surface area contributed by atoms with Gasteiger partial charge in [0.2, 0.25) is 0 Å². The minimum Gasteiger partial charge on any atom is -0.416 e. The van der Waals surface area contributed by atoms with Gasteiger partial charge in [-0.15, -0.1) is 0 Å². The molecule has 1 unspecified atom stereocenters. The molecule has 0 saturated heterocycles. The molecule has 3 aliphatic heterocycles. The Morgan fingerprint density at radius 3 is 1.80 bits per heavy atom. The van der Waals surface area contributed by atoms with E-state index in [-0.39, 0.29) is 23.2 Å². The van der Waals surface area contributed by atoms with Crippen LogP contribution in [0.1, 0.15) is 28.4 Å². The quantitative estimate of drug-likeness (QED) is 0.271. The summed E-state index contributed by atoms with van der Waals surface area (Å²) in [5.41, 5.74) is 4.95. The van der Waals surface area contributed by atoms with Crippen molar-refractivity contribution >= 4 is 50.7 Å². The van der Waals surface area contributed by atoms with Crippen molar-refractivity contribution in [1.29, 1.82) is 0 Å². The molecule has 4 aromatic carbocycles. The predicted octanol–water partition coefficient (Wildman–Crippen LogP) is 4.57. The molecule has 0 saturated carbocycles. The third-order valence-electron chi connectivity index (χ3n) is 7.54. The first-order valence-corrected chi connectivity index (χ1v) is 13.1. The fourth-order valence-electron chi connectivity index (χ4n) is 5.66. The number of benzene rings is 4. The van der Waals surface area contributed by atoms with Gasteiger partial charge in [-0.2, -0.15) is 0 Å². The molecule has 0 aliphatic carbocycles. The molecule has 3 aliphatic rings. The van der Waals surface area contributed by atoms with Crippen molar-refractivity contribution < 1.29 is 17.1 Å². The zero-order valence-electron chi connectivity index (χ0n) is 21.3. The largest absolute Gasteiger partial charge is 2.00 e. The molecule has 5 heterocycles. The van der Waals surface area contributed by atoms with Crippen LogP contribution in [0.2, 0.25) is 0 Å². The minimum absolute atomic E-state index is 0. The van der Waals surface area contributed by atoms with Gasteiger partial charge in [0, 0.05) is 39.3 Å². The summed E-state index contributed by atoms with van der Waals surface area (Å²) in [5.74, 6) is 3.07. The van der Waals surface area contributed by atoms with Crippen LogP contribution in [0.25, 0.3) is 21.5 Å². The second kappa shape index (κ2) is 8.96. The van der Waals surface area contributed by atoms with Crippen LogP contribution < -0.4 is 26.3 Å². The molecule has 2 aromatic heterocycles. The third-order valence-corrected chi connectivity index (χ3v) is 7.54. The number of hydrogen-bond acceptors (Lipinski definition) is 6. The van der Waals surface area contributed by atoms with Crippen molar-refractivity contribution in [3.05, 3.63) is 130 Å². The van der Waals surface area contributed by atoms with Crippen molar-refractivity contribution in [1.82, 2.24) is 9.97 Å². The summed E-state index contributed by atoms with van der Waals surface area (Å²) < 4.78 is 0. The van der Waals surface area contributed by atoms with Gasteiger partial charge in [-0.05, 0) is 27.1 Å². The summed E-state index contributed by atoms with van der Waals surface area (Å²) in [6.07, 6.45) is -0.358. The molecule has 0 spiro atoms. The fraction of sp³-hybridized carbons (Fsp3) is 0.0312. The number of anilines is 1. The molecular formula is C32H18FeN8. The van der Waals surface area contributed by atoms with Gasteiger partial charge >= 0.3 is 17.1 Å². The van der Waals surface area contributed by atoms with Gasteiger partial charge in [0.1, 0.15) is 6.17 Å². The van der Waals surface area contributed by atoms with E-state index in [1.165, 1.54) is 0 Å². The number of hydrogen-bond donors (Lipinski definition) is 1. The van der Waals surface area contributed by atoms with Gasteiger partial charge in [-0.25, -0.2) is 4.99 Å². The fourth-order valence-corrected chi connectivity index (χ4v) is 5.66. The molecule has 6 aromatic rings. The van der Waals surface area contributed by atoms with Crippen molar-refractivity contribution in [3.63, 3.8) is 0 Å². The Balaban J connectivity index is 0.00000256. The summed E-state index contributed by atoms with van der Waals surface area (Å²) in [7, 11) is 0. The SMILES string of the molecule is [Fe+2].c1ccc2c(c1)C1=N/C2=N\c2[n-]c(c3ccccc23)NC2N=C(N=c3[n-]c(c4ccccc34)=N1)c1ccccc12. The van der Waals surface area contributed by atoms with Crippen LogP contribution in [-0.4, -0.2) is 17.5 Å². The normalized spacial score (nSPS) is 17.7. The zero-order chi connectivity index (χ0) is 26.2. The summed E-state index contributed by atoms with van der Waals surface area (Å²) >= 11 is 0. The summed E-state index contributed by atoms with van der Waals surface area (Å²) in [6, 6.07) is 32.2. The van der Waals surface area contributed by atoms with E-state index >= 15 is 0 Å². The van der Waals surface area contributed by atoms with Gasteiger partial charge < -0.3 is 30.3 Å². The number of aliphatic imine (C=N–C) groups is 3. The third kappa shape index (κ3) is 3.57. The number of aromatic nitrogens is 2. The van der Waals surface area contributed by atoms with Crippen LogP contribution in [0.5, 0.6) is 0 Å². The van der Waals surface area contributed by atoms with E-state index in [2.05, 4.69) is 11.4 Å². The maximum absolute atomic E-state index is 5.01. The summed E-state index contributed by atoms with van der Waals surface area (Å²) in [6.45, 7) is 0. The topological polar surface area (TPSA) is 102 Å². The van der Waals surface area contributed by atoms with Crippen LogP contribution in [0.15, 0.2) is 122 Å². The Hall–Kier alpha value is -5.11. The molecule has 41 heavy (non-hydrogen) atoms. The van der Waals surface area contributed by atoms with E-state index in [4.69, 9.17) is 34.9 Å². The van der Waals surface area contributed by atoms with Crippen LogP contribution in [0.4, 0.5) is 11.6 Å². The number of nitrogens with zero attached hydrogens (tertiary/aromatic N) is 7. The van der Waals surface area contributed by atoms with Crippen molar-refractivity contribution in [3.8, 4) is 0 Å². The Morgan fingerprint density at radius 1 is 0.512 bits per heavy atom. The Bertz CT molecular complexity index is 2270. The van der Waals surface area contributed by atoms with E-state index < -0.39 is 0 Å². The molecule has 8 bridgehead atoms. The predicted molar refractivity (Wildman–Crippen MR) is 155 cm³/mol. The molecule has 8 nitrogen and oxygen atoms in total. The Morgan fingerprint density at radius 2 is 1.07 bits per heavy atom. The molecule has 1 atom stereocenters. The average Bonchev–Trinajstić information content (AvgIpc) is 3.73. The summed E-state index contributed by atoms with van der Waals surface area (Å²) in [4.78, 5) is 34.7. The second-order valence-electron chi connectivity index (χ2n) is 9.86. The molecular weight excluding hydrogens is 552 g/mol. The smallest absolute Gasteiger partial charge is 0.416 e. The van der Waals surface area contributed by atoms with Gasteiger partial charge in [0.25, 0.3) is 0 Å². The first-order chi connectivity index (χ1) is 19.8. The van der Waals surface area contributed by atoms with E-state index in [1.807, 2.05) is 91.0 Å². The number of rotatable bonds is 0. The average molecular weight is 570 g/mol. The van der Waals surface area contributed by atoms with E-state index in [9.17, 15) is 0 Å². The molecule has 9 rings (SSSR count). The first kappa shape index (κ1) is 23.7. The molecule has 0 radical (unpaired) electrons. The van der Waals surface area contributed by atoms with E-state index in [0.29, 0.717) is 40.1 Å². The summed E-state index contributed by atoms with van der Waals surface area (Å²) in [5, 5.41) is 7.30. The van der Waals surface area contributed by atoms with E-state index in [1.54, 1.807) is 0 Å². The number of fused-ring (bicyclic) bond motifs is 18. The van der Waals surface area contributed by atoms with Gasteiger partial charge in [-0.1, -0.05) is 97.1 Å². The van der Waals surface area contributed by atoms with Crippen LogP contribution >= 0.6 is 0 Å². The zero-order valence-corrected chi connectivity index (χ0v) is 22.4. The van der Waals surface area contributed by atoms with Crippen molar-refractivity contribution in [2.45, 2.75) is 6.17 Å². The molecule has 0 fully saturated rings. The maximum Gasteiger partial charge on any atom is 2.00 e. The van der Waals surface area contributed by atoms with Gasteiger partial charge in [0.15, 0.2) is 0 Å². The van der Waals surface area contributed by atoms with Crippen LogP contribution in [-0.2, 0) is 17.1 Å². The monoisotopic (exact) mass is 570 g/mol. The minimum atomic E-state index is -0.358. The van der Waals surface area contributed by atoms with E-state index in [0.717, 1.165) is 43.8 Å².